The molecule has 24 heavy (non-hydrogen) atoms. The first kappa shape index (κ1) is 15.8. The fraction of sp³-hybridized carbons (Fsp3) is 0.0556. The molecule has 4 nitrogen and oxygen atoms in total. The van der Waals surface area contributed by atoms with E-state index in [1.165, 1.54) is 30.0 Å². The van der Waals surface area contributed by atoms with Crippen LogP contribution in [0.25, 0.3) is 10.8 Å². The van der Waals surface area contributed by atoms with Gasteiger partial charge in [-0.05, 0) is 35.9 Å². The Balaban J connectivity index is 2.03. The summed E-state index contributed by atoms with van der Waals surface area (Å²) in [5.74, 6) is 0.0648. The summed E-state index contributed by atoms with van der Waals surface area (Å²) in [5.41, 5.74) is 0.942. The van der Waals surface area contributed by atoms with Crippen LogP contribution in [0.5, 0.6) is 0 Å². The minimum Gasteiger partial charge on any atom is -0.315 e. The molecule has 0 aliphatic heterocycles. The second-order valence-corrected chi connectivity index (χ2v) is 6.05. The van der Waals surface area contributed by atoms with E-state index in [-0.39, 0.29) is 5.56 Å². The molecule has 1 heterocycles. The Kier molecular flexibility index (Phi) is 4.33. The van der Waals surface area contributed by atoms with Crippen LogP contribution in [-0.2, 0) is 5.75 Å². The van der Waals surface area contributed by atoms with E-state index in [4.69, 9.17) is 10.5 Å². The standard InChI is InChI=1S/C18H10FN3OS/c19-13-4-5-14-15(7-13)18(22-17(23)16(14)9-21)24-10-12-3-1-2-11(6-12)8-20/h1-7H,10H2,(H,22,23). The minimum absolute atomic E-state index is 0.0270. The predicted octanol–water partition coefficient (Wildman–Crippen LogP) is 3.70. The molecule has 3 rings (SSSR count). The highest BCUT2D eigenvalue weighted by Gasteiger charge is 2.12. The number of nitriles is 2. The van der Waals surface area contributed by atoms with Crippen molar-refractivity contribution in [2.45, 2.75) is 10.8 Å². The van der Waals surface area contributed by atoms with E-state index in [2.05, 4.69) is 11.1 Å². The van der Waals surface area contributed by atoms with Crippen molar-refractivity contribution >= 4 is 22.5 Å². The zero-order chi connectivity index (χ0) is 17.1. The number of aromatic nitrogens is 1. The molecule has 0 atom stereocenters. The Morgan fingerprint density at radius 3 is 2.67 bits per heavy atom. The lowest BCUT2D eigenvalue weighted by molar-refractivity contribution is 0.629. The number of rotatable bonds is 3. The smallest absolute Gasteiger partial charge is 0.267 e. The largest absolute Gasteiger partial charge is 0.315 e. The first-order valence-corrected chi connectivity index (χ1v) is 7.98. The molecule has 6 heteroatoms. The Hall–Kier alpha value is -3.09. The van der Waals surface area contributed by atoms with Gasteiger partial charge in [-0.1, -0.05) is 12.1 Å². The Bertz CT molecular complexity index is 1080. The van der Waals surface area contributed by atoms with E-state index in [1.807, 2.05) is 12.1 Å². The number of hydrogen-bond donors (Lipinski definition) is 1. The number of nitrogens with one attached hydrogen (secondary N) is 1. The van der Waals surface area contributed by atoms with Crippen LogP contribution in [0.4, 0.5) is 4.39 Å². The van der Waals surface area contributed by atoms with Crippen LogP contribution in [0.3, 0.4) is 0 Å². The summed E-state index contributed by atoms with van der Waals surface area (Å²) in [5, 5.41) is 19.5. The van der Waals surface area contributed by atoms with E-state index in [1.54, 1.807) is 18.2 Å². The summed E-state index contributed by atoms with van der Waals surface area (Å²) in [6.07, 6.45) is 0. The number of nitrogens with zero attached hydrogens (tertiary/aromatic N) is 2. The Labute approximate surface area is 141 Å². The molecule has 0 bridgehead atoms. The van der Waals surface area contributed by atoms with Crippen molar-refractivity contribution in [3.63, 3.8) is 0 Å². The van der Waals surface area contributed by atoms with Crippen molar-refractivity contribution in [2.75, 3.05) is 0 Å². The van der Waals surface area contributed by atoms with Gasteiger partial charge in [-0.25, -0.2) is 4.39 Å². The monoisotopic (exact) mass is 335 g/mol. The number of halogens is 1. The van der Waals surface area contributed by atoms with Gasteiger partial charge in [0.15, 0.2) is 0 Å². The second-order valence-electron chi connectivity index (χ2n) is 5.06. The predicted molar refractivity (Wildman–Crippen MR) is 90.0 cm³/mol. The van der Waals surface area contributed by atoms with Crippen LogP contribution in [0.2, 0.25) is 0 Å². The van der Waals surface area contributed by atoms with Crippen LogP contribution in [0, 0.1) is 28.5 Å². The fourth-order valence-electron chi connectivity index (χ4n) is 2.39. The average molecular weight is 335 g/mol. The molecule has 0 spiro atoms. The number of aromatic amines is 1. The molecule has 0 unspecified atom stereocenters. The number of thioether (sulfide) groups is 1. The third-order valence-corrected chi connectivity index (χ3v) is 4.59. The highest BCUT2D eigenvalue weighted by atomic mass is 32.2. The molecule has 0 saturated heterocycles. The van der Waals surface area contributed by atoms with Gasteiger partial charge in [0.2, 0.25) is 0 Å². The van der Waals surface area contributed by atoms with Crippen molar-refractivity contribution in [3.8, 4) is 12.1 Å². The lowest BCUT2D eigenvalue weighted by Gasteiger charge is -2.08. The number of hydrogen-bond acceptors (Lipinski definition) is 4. The number of benzene rings is 2. The highest BCUT2D eigenvalue weighted by molar-refractivity contribution is 7.98. The SMILES string of the molecule is N#Cc1cccc(CSc2[nH]c(=O)c(C#N)c3ccc(F)cc23)c1. The highest BCUT2D eigenvalue weighted by Crippen LogP contribution is 2.29. The number of fused-ring (bicyclic) bond motifs is 1. The van der Waals surface area contributed by atoms with Crippen LogP contribution in [0.1, 0.15) is 16.7 Å². The summed E-state index contributed by atoms with van der Waals surface area (Å²) in [6.45, 7) is 0. The van der Waals surface area contributed by atoms with Crippen LogP contribution >= 0.6 is 11.8 Å². The van der Waals surface area contributed by atoms with Crippen LogP contribution < -0.4 is 5.56 Å². The molecule has 116 valence electrons. The van der Waals surface area contributed by atoms with E-state index >= 15 is 0 Å². The lowest BCUT2D eigenvalue weighted by atomic mass is 10.1. The molecule has 1 N–H and O–H groups in total. The molecule has 1 aromatic heterocycles. The van der Waals surface area contributed by atoms with E-state index < -0.39 is 11.4 Å². The van der Waals surface area contributed by atoms with Crippen LogP contribution in [-0.4, -0.2) is 4.98 Å². The van der Waals surface area contributed by atoms with Crippen molar-refractivity contribution in [2.24, 2.45) is 0 Å². The third-order valence-electron chi connectivity index (χ3n) is 3.50. The van der Waals surface area contributed by atoms with Crippen molar-refractivity contribution < 1.29 is 4.39 Å². The minimum atomic E-state index is -0.495. The molecule has 2 aromatic carbocycles. The third kappa shape index (κ3) is 3.01. The van der Waals surface area contributed by atoms with Gasteiger partial charge in [-0.3, -0.25) is 4.79 Å². The Morgan fingerprint density at radius 1 is 1.08 bits per heavy atom. The molecule has 0 aliphatic rings. The molecular weight excluding hydrogens is 325 g/mol. The quantitative estimate of drug-likeness (QED) is 0.740. The Morgan fingerprint density at radius 2 is 1.92 bits per heavy atom. The number of pyridine rings is 1. The molecule has 0 saturated carbocycles. The van der Waals surface area contributed by atoms with Crippen molar-refractivity contribution in [1.82, 2.24) is 4.98 Å². The van der Waals surface area contributed by atoms with Gasteiger partial charge in [0.05, 0.1) is 16.7 Å². The molecule has 0 radical (unpaired) electrons. The maximum absolute atomic E-state index is 13.6. The van der Waals surface area contributed by atoms with E-state index in [0.717, 1.165) is 5.56 Å². The molecular formula is C18H10FN3OS. The summed E-state index contributed by atoms with van der Waals surface area (Å²) < 4.78 is 13.6. The molecule has 0 aliphatic carbocycles. The molecule has 0 amide bonds. The van der Waals surface area contributed by atoms with Crippen LogP contribution in [0.15, 0.2) is 52.3 Å². The van der Waals surface area contributed by atoms with E-state index in [0.29, 0.717) is 27.1 Å². The molecule has 3 aromatic rings. The van der Waals surface area contributed by atoms with Gasteiger partial charge in [0, 0.05) is 16.5 Å². The maximum atomic E-state index is 13.6. The van der Waals surface area contributed by atoms with Gasteiger partial charge in [-0.2, -0.15) is 10.5 Å². The first-order chi connectivity index (χ1) is 11.6. The molecule has 0 fully saturated rings. The van der Waals surface area contributed by atoms with Gasteiger partial charge in [-0.15, -0.1) is 11.8 Å². The first-order valence-electron chi connectivity index (χ1n) is 7.00. The van der Waals surface area contributed by atoms with Gasteiger partial charge < -0.3 is 4.98 Å². The summed E-state index contributed by atoms with van der Waals surface area (Å²) in [4.78, 5) is 14.7. The van der Waals surface area contributed by atoms with Gasteiger partial charge in [0.25, 0.3) is 5.56 Å². The zero-order valence-electron chi connectivity index (χ0n) is 12.3. The van der Waals surface area contributed by atoms with Crippen molar-refractivity contribution in [1.29, 1.82) is 10.5 Å². The van der Waals surface area contributed by atoms with Gasteiger partial charge >= 0.3 is 0 Å². The van der Waals surface area contributed by atoms with E-state index in [9.17, 15) is 9.18 Å². The lowest BCUT2D eigenvalue weighted by Crippen LogP contribution is -2.11. The average Bonchev–Trinajstić information content (AvgIpc) is 2.60. The second kappa shape index (κ2) is 6.57. The van der Waals surface area contributed by atoms with Gasteiger partial charge in [0.1, 0.15) is 17.4 Å². The summed E-state index contributed by atoms with van der Waals surface area (Å²) in [6, 6.07) is 15.0. The zero-order valence-corrected chi connectivity index (χ0v) is 13.2. The fourth-order valence-corrected chi connectivity index (χ4v) is 3.37. The maximum Gasteiger partial charge on any atom is 0.267 e. The normalized spacial score (nSPS) is 10.3. The van der Waals surface area contributed by atoms with Crippen molar-refractivity contribution in [3.05, 3.63) is 75.3 Å². The summed E-state index contributed by atoms with van der Waals surface area (Å²) in [7, 11) is 0. The topological polar surface area (TPSA) is 80.4 Å². The summed E-state index contributed by atoms with van der Waals surface area (Å²) >= 11 is 1.32. The number of H-pyrrole nitrogens is 1.